The number of benzene rings is 2. The first-order valence-corrected chi connectivity index (χ1v) is 10.1. The Kier molecular flexibility index (Phi) is 5.96. The molecular formula is C24H25N3O2. The van der Waals surface area contributed by atoms with Gasteiger partial charge in [0.25, 0.3) is 0 Å². The van der Waals surface area contributed by atoms with Crippen LogP contribution < -0.4 is 0 Å². The number of nitrogens with zero attached hydrogens (tertiary/aromatic N) is 3. The number of rotatable bonds is 6. The number of aromatic carboxylic acids is 1. The third-order valence-corrected chi connectivity index (χ3v) is 5.63. The monoisotopic (exact) mass is 387 g/mol. The maximum absolute atomic E-state index is 11.5. The molecule has 0 amide bonds. The van der Waals surface area contributed by atoms with Gasteiger partial charge in [-0.2, -0.15) is 0 Å². The molecule has 1 aromatic heterocycles. The highest BCUT2D eigenvalue weighted by atomic mass is 16.4. The Labute approximate surface area is 171 Å². The molecule has 0 saturated carbocycles. The Hall–Kier alpha value is -3.05. The zero-order valence-corrected chi connectivity index (χ0v) is 16.4. The van der Waals surface area contributed by atoms with E-state index < -0.39 is 5.97 Å². The lowest BCUT2D eigenvalue weighted by Crippen LogP contribution is -2.34. The van der Waals surface area contributed by atoms with Crippen LogP contribution in [0.5, 0.6) is 0 Å². The van der Waals surface area contributed by atoms with Crippen molar-refractivity contribution in [2.75, 3.05) is 13.1 Å². The predicted molar refractivity (Wildman–Crippen MR) is 113 cm³/mol. The van der Waals surface area contributed by atoms with E-state index in [1.807, 2.05) is 42.7 Å². The summed E-state index contributed by atoms with van der Waals surface area (Å²) in [7, 11) is 0. The first-order valence-electron chi connectivity index (χ1n) is 10.1. The molecule has 5 nitrogen and oxygen atoms in total. The number of carboxylic acids is 1. The van der Waals surface area contributed by atoms with Crippen LogP contribution >= 0.6 is 0 Å². The highest BCUT2D eigenvalue weighted by molar-refractivity contribution is 5.95. The van der Waals surface area contributed by atoms with Gasteiger partial charge in [0.05, 0.1) is 5.56 Å². The van der Waals surface area contributed by atoms with Crippen LogP contribution in [-0.2, 0) is 13.0 Å². The molecule has 3 aromatic rings. The molecule has 0 spiro atoms. The molecule has 1 N–H and O–H groups in total. The fourth-order valence-electron chi connectivity index (χ4n) is 4.01. The molecule has 1 saturated heterocycles. The van der Waals surface area contributed by atoms with E-state index in [-0.39, 0.29) is 0 Å². The average molecular weight is 387 g/mol. The normalized spacial score (nSPS) is 15.3. The molecule has 5 heteroatoms. The Morgan fingerprint density at radius 1 is 0.966 bits per heavy atom. The van der Waals surface area contributed by atoms with E-state index in [2.05, 4.69) is 27.0 Å². The number of likely N-dealkylation sites (tertiary alicyclic amines) is 1. The topological polar surface area (TPSA) is 66.3 Å². The second-order valence-corrected chi connectivity index (χ2v) is 7.64. The van der Waals surface area contributed by atoms with E-state index in [0.717, 1.165) is 43.0 Å². The molecule has 0 aliphatic carbocycles. The maximum Gasteiger partial charge on any atom is 0.336 e. The lowest BCUT2D eigenvalue weighted by molar-refractivity contribution is 0.0697. The zero-order chi connectivity index (χ0) is 20.1. The van der Waals surface area contributed by atoms with E-state index in [0.29, 0.717) is 11.5 Å². The van der Waals surface area contributed by atoms with Crippen molar-refractivity contribution in [3.63, 3.8) is 0 Å². The van der Waals surface area contributed by atoms with Gasteiger partial charge < -0.3 is 5.11 Å². The number of hydrogen-bond acceptors (Lipinski definition) is 4. The average Bonchev–Trinajstić information content (AvgIpc) is 2.76. The van der Waals surface area contributed by atoms with Crippen LogP contribution in [0, 0.1) is 5.92 Å². The standard InChI is InChI=1S/C24H25N3O2/c28-24(29)22-5-2-1-4-21(22)20-8-6-19(7-9-20)17-27-14-10-18(11-15-27)16-23-25-12-3-13-26-23/h1-9,12-13,18H,10-11,14-17H2,(H,28,29). The summed E-state index contributed by atoms with van der Waals surface area (Å²) in [5, 5.41) is 9.40. The van der Waals surface area contributed by atoms with Crippen LogP contribution in [0.1, 0.15) is 34.6 Å². The second-order valence-electron chi connectivity index (χ2n) is 7.64. The van der Waals surface area contributed by atoms with Gasteiger partial charge in [0.1, 0.15) is 5.82 Å². The number of aromatic nitrogens is 2. The molecule has 0 bridgehead atoms. The first-order chi connectivity index (χ1) is 14.2. The van der Waals surface area contributed by atoms with E-state index in [4.69, 9.17) is 0 Å². The third-order valence-electron chi connectivity index (χ3n) is 5.63. The van der Waals surface area contributed by atoms with Crippen LogP contribution in [0.25, 0.3) is 11.1 Å². The summed E-state index contributed by atoms with van der Waals surface area (Å²) >= 11 is 0. The van der Waals surface area contributed by atoms with Crippen LogP contribution in [0.4, 0.5) is 0 Å². The van der Waals surface area contributed by atoms with E-state index in [9.17, 15) is 9.90 Å². The van der Waals surface area contributed by atoms with Gasteiger partial charge in [-0.25, -0.2) is 14.8 Å². The van der Waals surface area contributed by atoms with Gasteiger partial charge in [-0.3, -0.25) is 4.90 Å². The molecule has 148 valence electrons. The smallest absolute Gasteiger partial charge is 0.336 e. The molecular weight excluding hydrogens is 362 g/mol. The quantitative estimate of drug-likeness (QED) is 0.683. The molecule has 2 aromatic carbocycles. The summed E-state index contributed by atoms with van der Waals surface area (Å²) in [4.78, 5) is 22.6. The van der Waals surface area contributed by atoms with Gasteiger partial charge in [0.15, 0.2) is 0 Å². The largest absolute Gasteiger partial charge is 0.478 e. The van der Waals surface area contributed by atoms with E-state index in [1.165, 1.54) is 18.4 Å². The molecule has 1 aliphatic rings. The molecule has 0 radical (unpaired) electrons. The summed E-state index contributed by atoms with van der Waals surface area (Å²) < 4.78 is 0. The Morgan fingerprint density at radius 2 is 1.66 bits per heavy atom. The number of carboxylic acid groups (broad SMARTS) is 1. The summed E-state index contributed by atoms with van der Waals surface area (Å²) in [6.45, 7) is 3.09. The van der Waals surface area contributed by atoms with Crippen LogP contribution in [0.3, 0.4) is 0 Å². The molecule has 1 aliphatic heterocycles. The molecule has 4 rings (SSSR count). The third kappa shape index (κ3) is 4.87. The molecule has 1 fully saturated rings. The summed E-state index contributed by atoms with van der Waals surface area (Å²) in [6, 6.07) is 17.3. The van der Waals surface area contributed by atoms with Crippen molar-refractivity contribution in [3.05, 3.63) is 83.9 Å². The van der Waals surface area contributed by atoms with Gasteiger partial charge in [-0.05, 0) is 60.7 Å². The van der Waals surface area contributed by atoms with Crippen molar-refractivity contribution in [1.29, 1.82) is 0 Å². The maximum atomic E-state index is 11.5. The van der Waals surface area contributed by atoms with Gasteiger partial charge in [-0.15, -0.1) is 0 Å². The van der Waals surface area contributed by atoms with Crippen molar-refractivity contribution in [3.8, 4) is 11.1 Å². The Morgan fingerprint density at radius 3 is 2.34 bits per heavy atom. The number of piperidine rings is 1. The molecule has 0 atom stereocenters. The summed E-state index contributed by atoms with van der Waals surface area (Å²) in [5.74, 6) is 0.708. The fraction of sp³-hybridized carbons (Fsp3) is 0.292. The molecule has 29 heavy (non-hydrogen) atoms. The van der Waals surface area contributed by atoms with Crippen molar-refractivity contribution in [2.24, 2.45) is 5.92 Å². The van der Waals surface area contributed by atoms with Crippen molar-refractivity contribution in [1.82, 2.24) is 14.9 Å². The van der Waals surface area contributed by atoms with E-state index >= 15 is 0 Å². The lowest BCUT2D eigenvalue weighted by atomic mass is 9.93. The minimum absolute atomic E-state index is 0.338. The van der Waals surface area contributed by atoms with Gasteiger partial charge in [0.2, 0.25) is 0 Å². The highest BCUT2D eigenvalue weighted by Crippen LogP contribution is 2.26. The van der Waals surface area contributed by atoms with Crippen LogP contribution in [-0.4, -0.2) is 39.0 Å². The van der Waals surface area contributed by atoms with Crippen LogP contribution in [0.15, 0.2) is 67.0 Å². The SMILES string of the molecule is O=C(O)c1ccccc1-c1ccc(CN2CCC(Cc3ncccn3)CC2)cc1. The van der Waals surface area contributed by atoms with Crippen molar-refractivity contribution >= 4 is 5.97 Å². The Bertz CT molecular complexity index is 949. The van der Waals surface area contributed by atoms with E-state index in [1.54, 1.807) is 12.1 Å². The highest BCUT2D eigenvalue weighted by Gasteiger charge is 2.20. The van der Waals surface area contributed by atoms with Gasteiger partial charge in [-0.1, -0.05) is 42.5 Å². The number of hydrogen-bond donors (Lipinski definition) is 1. The Balaban J connectivity index is 1.34. The summed E-state index contributed by atoms with van der Waals surface area (Å²) in [5.41, 5.74) is 3.29. The molecule has 2 heterocycles. The lowest BCUT2D eigenvalue weighted by Gasteiger charge is -2.31. The zero-order valence-electron chi connectivity index (χ0n) is 16.4. The second kappa shape index (κ2) is 8.97. The minimum atomic E-state index is -0.895. The minimum Gasteiger partial charge on any atom is -0.478 e. The van der Waals surface area contributed by atoms with Gasteiger partial charge in [0, 0.05) is 25.4 Å². The van der Waals surface area contributed by atoms with Crippen molar-refractivity contribution in [2.45, 2.75) is 25.8 Å². The van der Waals surface area contributed by atoms with Crippen molar-refractivity contribution < 1.29 is 9.90 Å². The number of carbonyl (C=O) groups is 1. The van der Waals surface area contributed by atoms with Gasteiger partial charge >= 0.3 is 5.97 Å². The fourth-order valence-corrected chi connectivity index (χ4v) is 4.01. The first kappa shape index (κ1) is 19.3. The molecule has 0 unspecified atom stereocenters. The predicted octanol–water partition coefficient (Wildman–Crippen LogP) is 4.30. The summed E-state index contributed by atoms with van der Waals surface area (Å²) in [6.07, 6.45) is 6.93. The van der Waals surface area contributed by atoms with Crippen LogP contribution in [0.2, 0.25) is 0 Å².